The molecule has 0 aliphatic heterocycles. The minimum Gasteiger partial charge on any atom is -0.491 e. The van der Waals surface area contributed by atoms with Gasteiger partial charge in [-0.15, -0.1) is 0 Å². The highest BCUT2D eigenvalue weighted by Crippen LogP contribution is 2.17. The number of aliphatic hydroxyl groups excluding tert-OH is 1. The van der Waals surface area contributed by atoms with Gasteiger partial charge < -0.3 is 15.2 Å². The average Bonchev–Trinajstić information content (AvgIpc) is 2.35. The van der Waals surface area contributed by atoms with Gasteiger partial charge in [-0.3, -0.25) is 0 Å². The Kier molecular flexibility index (Phi) is 5.45. The number of nitrogens with one attached hydrogen (secondary N) is 1. The molecule has 1 atom stereocenters. The summed E-state index contributed by atoms with van der Waals surface area (Å²) < 4.78 is 5.77. The van der Waals surface area contributed by atoms with Gasteiger partial charge in [0.25, 0.3) is 0 Å². The van der Waals surface area contributed by atoms with Crippen molar-refractivity contribution in [1.82, 2.24) is 5.32 Å². The van der Waals surface area contributed by atoms with Crippen LogP contribution in [0.4, 0.5) is 0 Å². The molecule has 0 saturated carbocycles. The quantitative estimate of drug-likeness (QED) is 0.763. The third-order valence-electron chi connectivity index (χ3n) is 2.79. The van der Waals surface area contributed by atoms with Crippen molar-refractivity contribution in [3.63, 3.8) is 0 Å². The van der Waals surface area contributed by atoms with E-state index in [4.69, 9.17) is 4.74 Å². The molecule has 1 rings (SSSR count). The van der Waals surface area contributed by atoms with Gasteiger partial charge in [-0.25, -0.2) is 0 Å². The first-order valence-corrected chi connectivity index (χ1v) is 6.15. The van der Waals surface area contributed by atoms with Gasteiger partial charge in [0.2, 0.25) is 0 Å². The standard InChI is InChI=1S/C14H23NO2/c1-4-9-15-14(3,10-16)11-17-13-8-6-5-7-12(13)2/h5-8,15-16H,4,9-11H2,1-3H3. The van der Waals surface area contributed by atoms with Crippen molar-refractivity contribution in [2.45, 2.75) is 32.7 Å². The van der Waals surface area contributed by atoms with Crippen LogP contribution in [-0.2, 0) is 0 Å². The molecule has 3 nitrogen and oxygen atoms in total. The maximum Gasteiger partial charge on any atom is 0.122 e. The Labute approximate surface area is 104 Å². The van der Waals surface area contributed by atoms with Crippen LogP contribution in [0.25, 0.3) is 0 Å². The lowest BCUT2D eigenvalue weighted by Gasteiger charge is -2.29. The van der Waals surface area contributed by atoms with Gasteiger partial charge in [0.15, 0.2) is 0 Å². The number of benzene rings is 1. The second kappa shape index (κ2) is 6.62. The molecule has 0 spiro atoms. The Morgan fingerprint density at radius 1 is 1.35 bits per heavy atom. The van der Waals surface area contributed by atoms with Crippen LogP contribution in [0.5, 0.6) is 5.75 Å². The molecule has 0 saturated heterocycles. The van der Waals surface area contributed by atoms with Crippen molar-refractivity contribution in [1.29, 1.82) is 0 Å². The second-order valence-electron chi connectivity index (χ2n) is 4.70. The normalized spacial score (nSPS) is 14.4. The van der Waals surface area contributed by atoms with Crippen molar-refractivity contribution in [3.8, 4) is 5.75 Å². The molecule has 17 heavy (non-hydrogen) atoms. The highest BCUT2D eigenvalue weighted by molar-refractivity contribution is 5.31. The van der Waals surface area contributed by atoms with E-state index < -0.39 is 0 Å². The molecule has 1 aromatic rings. The summed E-state index contributed by atoms with van der Waals surface area (Å²) in [5, 5.41) is 12.7. The molecule has 0 heterocycles. The van der Waals surface area contributed by atoms with E-state index >= 15 is 0 Å². The summed E-state index contributed by atoms with van der Waals surface area (Å²) in [4.78, 5) is 0. The smallest absolute Gasteiger partial charge is 0.122 e. The molecular weight excluding hydrogens is 214 g/mol. The number of rotatable bonds is 7. The lowest BCUT2D eigenvalue weighted by molar-refractivity contribution is 0.115. The van der Waals surface area contributed by atoms with Crippen molar-refractivity contribution in [2.75, 3.05) is 19.8 Å². The van der Waals surface area contributed by atoms with Crippen LogP contribution in [0, 0.1) is 6.92 Å². The van der Waals surface area contributed by atoms with E-state index in [9.17, 15) is 5.11 Å². The molecule has 0 amide bonds. The lowest BCUT2D eigenvalue weighted by atomic mass is 10.1. The zero-order valence-electron chi connectivity index (χ0n) is 11.0. The number of hydrogen-bond acceptors (Lipinski definition) is 3. The van der Waals surface area contributed by atoms with E-state index in [-0.39, 0.29) is 12.1 Å². The molecular formula is C14H23NO2. The Morgan fingerprint density at radius 3 is 2.65 bits per heavy atom. The first-order valence-electron chi connectivity index (χ1n) is 6.15. The fourth-order valence-electron chi connectivity index (χ4n) is 1.53. The summed E-state index contributed by atoms with van der Waals surface area (Å²) in [7, 11) is 0. The van der Waals surface area contributed by atoms with Gasteiger partial charge >= 0.3 is 0 Å². The summed E-state index contributed by atoms with van der Waals surface area (Å²) >= 11 is 0. The molecule has 96 valence electrons. The SMILES string of the molecule is CCCNC(C)(CO)COc1ccccc1C. The molecule has 0 radical (unpaired) electrons. The molecule has 2 N–H and O–H groups in total. The van der Waals surface area contributed by atoms with Gasteiger partial charge in [-0.2, -0.15) is 0 Å². The number of aryl methyl sites for hydroxylation is 1. The van der Waals surface area contributed by atoms with Gasteiger partial charge in [0, 0.05) is 0 Å². The van der Waals surface area contributed by atoms with Crippen LogP contribution in [-0.4, -0.2) is 30.4 Å². The maximum atomic E-state index is 9.42. The molecule has 3 heteroatoms. The van der Waals surface area contributed by atoms with Gasteiger partial charge in [-0.1, -0.05) is 25.1 Å². The van der Waals surface area contributed by atoms with Crippen molar-refractivity contribution in [2.24, 2.45) is 0 Å². The number of ether oxygens (including phenoxy) is 1. The van der Waals surface area contributed by atoms with Gasteiger partial charge in [-0.05, 0) is 38.4 Å². The van der Waals surface area contributed by atoms with Crippen LogP contribution >= 0.6 is 0 Å². The average molecular weight is 237 g/mol. The van der Waals surface area contributed by atoms with Crippen molar-refractivity contribution >= 4 is 0 Å². The van der Waals surface area contributed by atoms with Crippen LogP contribution in [0.1, 0.15) is 25.8 Å². The number of para-hydroxylation sites is 1. The maximum absolute atomic E-state index is 9.42. The molecule has 0 aromatic heterocycles. The zero-order valence-corrected chi connectivity index (χ0v) is 11.0. The van der Waals surface area contributed by atoms with Crippen LogP contribution in [0.3, 0.4) is 0 Å². The van der Waals surface area contributed by atoms with E-state index in [0.29, 0.717) is 6.61 Å². The van der Waals surface area contributed by atoms with Crippen LogP contribution in [0.15, 0.2) is 24.3 Å². The van der Waals surface area contributed by atoms with Crippen molar-refractivity contribution < 1.29 is 9.84 Å². The Balaban J connectivity index is 2.55. The van der Waals surface area contributed by atoms with Crippen LogP contribution in [0.2, 0.25) is 0 Å². The molecule has 0 fully saturated rings. The summed E-state index contributed by atoms with van der Waals surface area (Å²) in [6.07, 6.45) is 1.04. The molecule has 0 aliphatic rings. The highest BCUT2D eigenvalue weighted by Gasteiger charge is 2.23. The first kappa shape index (κ1) is 14.0. The Morgan fingerprint density at radius 2 is 2.06 bits per heavy atom. The summed E-state index contributed by atoms with van der Waals surface area (Å²) in [5.74, 6) is 0.880. The summed E-state index contributed by atoms with van der Waals surface area (Å²) in [6, 6.07) is 7.92. The number of aliphatic hydroxyl groups is 1. The minimum absolute atomic E-state index is 0.0683. The fourth-order valence-corrected chi connectivity index (χ4v) is 1.53. The largest absolute Gasteiger partial charge is 0.491 e. The molecule has 1 aromatic carbocycles. The van der Waals surface area contributed by atoms with Gasteiger partial charge in [0.1, 0.15) is 12.4 Å². The topological polar surface area (TPSA) is 41.5 Å². The predicted octanol–water partition coefficient (Wildman–Crippen LogP) is 2.12. The lowest BCUT2D eigenvalue weighted by Crippen LogP contribution is -2.50. The third-order valence-corrected chi connectivity index (χ3v) is 2.79. The molecule has 0 aliphatic carbocycles. The monoisotopic (exact) mass is 237 g/mol. The summed E-state index contributed by atoms with van der Waals surface area (Å²) in [5.41, 5.74) is 0.737. The Bertz CT molecular complexity index is 341. The molecule has 0 bridgehead atoms. The van der Waals surface area contributed by atoms with Crippen LogP contribution < -0.4 is 10.1 Å². The fraction of sp³-hybridized carbons (Fsp3) is 0.571. The van der Waals surface area contributed by atoms with E-state index in [1.807, 2.05) is 38.1 Å². The Hall–Kier alpha value is -1.06. The number of hydrogen-bond donors (Lipinski definition) is 2. The van der Waals surface area contributed by atoms with E-state index in [0.717, 1.165) is 24.3 Å². The van der Waals surface area contributed by atoms with Gasteiger partial charge in [0.05, 0.1) is 12.1 Å². The molecule has 1 unspecified atom stereocenters. The first-order chi connectivity index (χ1) is 8.11. The second-order valence-corrected chi connectivity index (χ2v) is 4.70. The minimum atomic E-state index is -0.377. The third kappa shape index (κ3) is 4.36. The summed E-state index contributed by atoms with van der Waals surface area (Å²) in [6.45, 7) is 7.51. The highest BCUT2D eigenvalue weighted by atomic mass is 16.5. The van der Waals surface area contributed by atoms with E-state index in [1.165, 1.54) is 0 Å². The predicted molar refractivity (Wildman–Crippen MR) is 70.5 cm³/mol. The van der Waals surface area contributed by atoms with Crippen molar-refractivity contribution in [3.05, 3.63) is 29.8 Å². The zero-order chi connectivity index (χ0) is 12.7. The van der Waals surface area contributed by atoms with E-state index in [2.05, 4.69) is 12.2 Å². The van der Waals surface area contributed by atoms with E-state index in [1.54, 1.807) is 0 Å².